The van der Waals surface area contributed by atoms with Crippen LogP contribution in [-0.4, -0.2) is 24.7 Å². The Balaban J connectivity index is 2.41. The minimum atomic E-state index is -0.518. The largest absolute Gasteiger partial charge is 0.341 e. The molecule has 18 heavy (non-hydrogen) atoms. The second kappa shape index (κ2) is 7.00. The zero-order chi connectivity index (χ0) is 13.5. The van der Waals surface area contributed by atoms with E-state index in [1.54, 1.807) is 12.1 Å². The van der Waals surface area contributed by atoms with E-state index in [0.29, 0.717) is 0 Å². The quantitative estimate of drug-likeness (QED) is 0.880. The maximum Gasteiger partial charge on any atom is 0.321 e. The van der Waals surface area contributed by atoms with Crippen molar-refractivity contribution in [3.8, 4) is 0 Å². The van der Waals surface area contributed by atoms with Gasteiger partial charge in [-0.1, -0.05) is 12.1 Å². The van der Waals surface area contributed by atoms with Gasteiger partial charge in [-0.3, -0.25) is 10.1 Å². The highest BCUT2D eigenvalue weighted by Crippen LogP contribution is 2.27. The van der Waals surface area contributed by atoms with E-state index in [0.717, 1.165) is 5.56 Å². The second-order valence-corrected chi connectivity index (χ2v) is 4.96. The first-order valence-electron chi connectivity index (χ1n) is 5.41. The summed E-state index contributed by atoms with van der Waals surface area (Å²) in [4.78, 5) is 22.2. The van der Waals surface area contributed by atoms with Crippen LogP contribution in [0.2, 0.25) is 0 Å². The van der Waals surface area contributed by atoms with Gasteiger partial charge in [0.25, 0.3) is 0 Å². The first-order chi connectivity index (χ1) is 8.52. The second-order valence-electron chi connectivity index (χ2n) is 3.63. The van der Waals surface area contributed by atoms with E-state index in [1.165, 1.54) is 30.9 Å². The maximum atomic E-state index is 12.7. The minimum absolute atomic E-state index is 0.0565. The van der Waals surface area contributed by atoms with E-state index < -0.39 is 6.03 Å². The molecule has 1 rings (SSSR count). The maximum absolute atomic E-state index is 12.7. The third-order valence-electron chi connectivity index (χ3n) is 2.28. The van der Waals surface area contributed by atoms with E-state index in [1.807, 2.05) is 6.92 Å². The summed E-state index contributed by atoms with van der Waals surface area (Å²) in [6.45, 7) is 1.92. The van der Waals surface area contributed by atoms with Crippen molar-refractivity contribution in [2.75, 3.05) is 12.8 Å². The summed E-state index contributed by atoms with van der Waals surface area (Å²) in [5, 5.41) is 4.53. The highest BCUT2D eigenvalue weighted by Gasteiger charge is 2.11. The number of hydrogen-bond donors (Lipinski definition) is 2. The summed E-state index contributed by atoms with van der Waals surface area (Å²) in [5.41, 5.74) is 0.939. The molecule has 3 amide bonds. The standard InChI is InChI=1S/C12H15FN2O2S/c1-8(9-3-5-10(13)6-4-9)18-7-11(16)15-12(17)14-2/h3-6,8H,7H2,1-2H3,(H2,14,15,16,17)/t8-/m0/s1. The number of rotatable bonds is 4. The average Bonchev–Trinajstić information content (AvgIpc) is 2.36. The van der Waals surface area contributed by atoms with Crippen LogP contribution in [0.3, 0.4) is 0 Å². The Morgan fingerprint density at radius 3 is 2.50 bits per heavy atom. The molecule has 0 aliphatic carbocycles. The molecule has 98 valence electrons. The lowest BCUT2D eigenvalue weighted by atomic mass is 10.2. The van der Waals surface area contributed by atoms with Crippen molar-refractivity contribution in [2.24, 2.45) is 0 Å². The Kier molecular flexibility index (Phi) is 5.64. The molecule has 2 N–H and O–H groups in total. The number of amides is 3. The fourth-order valence-electron chi connectivity index (χ4n) is 1.26. The van der Waals surface area contributed by atoms with E-state index in [-0.39, 0.29) is 22.7 Å². The highest BCUT2D eigenvalue weighted by atomic mass is 32.2. The number of carbonyl (C=O) groups excluding carboxylic acids is 2. The SMILES string of the molecule is CNC(=O)NC(=O)CS[C@@H](C)c1ccc(F)cc1. The van der Waals surface area contributed by atoms with Crippen LogP contribution in [0.1, 0.15) is 17.7 Å². The first kappa shape index (κ1) is 14.5. The number of thioether (sulfide) groups is 1. The monoisotopic (exact) mass is 270 g/mol. The number of halogens is 1. The fourth-order valence-corrected chi connectivity index (χ4v) is 2.08. The predicted molar refractivity (Wildman–Crippen MR) is 69.9 cm³/mol. The van der Waals surface area contributed by atoms with Gasteiger partial charge in [0, 0.05) is 12.3 Å². The molecular weight excluding hydrogens is 255 g/mol. The predicted octanol–water partition coefficient (Wildman–Crippen LogP) is 2.08. The molecule has 0 aliphatic heterocycles. The average molecular weight is 270 g/mol. The number of urea groups is 1. The number of nitrogens with one attached hydrogen (secondary N) is 2. The van der Waals surface area contributed by atoms with Crippen LogP contribution < -0.4 is 10.6 Å². The van der Waals surface area contributed by atoms with Crippen molar-refractivity contribution in [1.82, 2.24) is 10.6 Å². The highest BCUT2D eigenvalue weighted by molar-refractivity contribution is 8.00. The molecule has 0 spiro atoms. The van der Waals surface area contributed by atoms with Gasteiger partial charge < -0.3 is 5.32 Å². The molecule has 4 nitrogen and oxygen atoms in total. The van der Waals surface area contributed by atoms with Crippen molar-refractivity contribution in [3.05, 3.63) is 35.6 Å². The van der Waals surface area contributed by atoms with Gasteiger partial charge in [0.1, 0.15) is 5.82 Å². The van der Waals surface area contributed by atoms with Gasteiger partial charge in [0.2, 0.25) is 5.91 Å². The molecular formula is C12H15FN2O2S. The molecule has 0 heterocycles. The Morgan fingerprint density at radius 2 is 1.94 bits per heavy atom. The molecule has 0 unspecified atom stereocenters. The van der Waals surface area contributed by atoms with E-state index in [9.17, 15) is 14.0 Å². The molecule has 0 bridgehead atoms. The van der Waals surface area contributed by atoms with E-state index >= 15 is 0 Å². The van der Waals surface area contributed by atoms with Gasteiger partial charge in [-0.05, 0) is 24.6 Å². The lowest BCUT2D eigenvalue weighted by Crippen LogP contribution is -2.38. The molecule has 0 radical (unpaired) electrons. The van der Waals surface area contributed by atoms with Crippen molar-refractivity contribution in [1.29, 1.82) is 0 Å². The third-order valence-corrected chi connectivity index (χ3v) is 3.48. The van der Waals surface area contributed by atoms with Gasteiger partial charge in [-0.25, -0.2) is 9.18 Å². The Morgan fingerprint density at radius 1 is 1.33 bits per heavy atom. The van der Waals surface area contributed by atoms with Gasteiger partial charge in [0.05, 0.1) is 5.75 Å². The molecule has 0 aliphatic rings. The molecule has 0 aromatic heterocycles. The van der Waals surface area contributed by atoms with Crippen LogP contribution >= 0.6 is 11.8 Å². The first-order valence-corrected chi connectivity index (χ1v) is 6.46. The lowest BCUT2D eigenvalue weighted by molar-refractivity contribution is -0.117. The summed E-state index contributed by atoms with van der Waals surface area (Å²) < 4.78 is 12.7. The van der Waals surface area contributed by atoms with Crippen LogP contribution in [0.15, 0.2) is 24.3 Å². The van der Waals surface area contributed by atoms with Gasteiger partial charge in [0.15, 0.2) is 0 Å². The van der Waals surface area contributed by atoms with Crippen molar-refractivity contribution >= 4 is 23.7 Å². The van der Waals surface area contributed by atoms with Crippen LogP contribution in [0.5, 0.6) is 0 Å². The summed E-state index contributed by atoms with van der Waals surface area (Å²) in [6, 6.07) is 5.62. The summed E-state index contributed by atoms with van der Waals surface area (Å²) in [6.07, 6.45) is 0. The fraction of sp³-hybridized carbons (Fsp3) is 0.333. The number of hydrogen-bond acceptors (Lipinski definition) is 3. The molecule has 0 saturated carbocycles. The van der Waals surface area contributed by atoms with Gasteiger partial charge in [-0.2, -0.15) is 0 Å². The zero-order valence-corrected chi connectivity index (χ0v) is 11.0. The molecule has 1 aromatic carbocycles. The van der Waals surface area contributed by atoms with Crippen molar-refractivity contribution in [3.63, 3.8) is 0 Å². The Bertz CT molecular complexity index is 423. The minimum Gasteiger partial charge on any atom is -0.341 e. The van der Waals surface area contributed by atoms with Crippen molar-refractivity contribution in [2.45, 2.75) is 12.2 Å². The van der Waals surface area contributed by atoms with Gasteiger partial charge in [-0.15, -0.1) is 11.8 Å². The van der Waals surface area contributed by atoms with E-state index in [4.69, 9.17) is 0 Å². The number of imide groups is 1. The number of benzene rings is 1. The molecule has 0 saturated heterocycles. The molecule has 0 fully saturated rings. The molecule has 1 aromatic rings. The van der Waals surface area contributed by atoms with Gasteiger partial charge >= 0.3 is 6.03 Å². The topological polar surface area (TPSA) is 58.2 Å². The Labute approximate surface area is 109 Å². The summed E-state index contributed by atoms with van der Waals surface area (Å²) in [5.74, 6) is -0.465. The van der Waals surface area contributed by atoms with E-state index in [2.05, 4.69) is 10.6 Å². The van der Waals surface area contributed by atoms with Crippen LogP contribution in [0.25, 0.3) is 0 Å². The Hall–Kier alpha value is -1.56. The normalized spacial score (nSPS) is 11.7. The summed E-state index contributed by atoms with van der Waals surface area (Å²) >= 11 is 1.38. The van der Waals surface area contributed by atoms with Crippen molar-refractivity contribution < 1.29 is 14.0 Å². The smallest absolute Gasteiger partial charge is 0.321 e. The molecule has 6 heteroatoms. The number of carbonyl (C=O) groups is 2. The van der Waals surface area contributed by atoms with Crippen LogP contribution in [-0.2, 0) is 4.79 Å². The van der Waals surface area contributed by atoms with Crippen LogP contribution in [0.4, 0.5) is 9.18 Å². The third kappa shape index (κ3) is 4.75. The molecule has 1 atom stereocenters. The summed E-state index contributed by atoms with van der Waals surface area (Å²) in [7, 11) is 1.44. The zero-order valence-electron chi connectivity index (χ0n) is 10.2. The lowest BCUT2D eigenvalue weighted by Gasteiger charge is -2.11. The van der Waals surface area contributed by atoms with Crippen LogP contribution in [0, 0.1) is 5.82 Å².